The van der Waals surface area contributed by atoms with Crippen LogP contribution in [0.15, 0.2) is 34.4 Å². The van der Waals surface area contributed by atoms with Gasteiger partial charge in [0, 0.05) is 19.8 Å². The van der Waals surface area contributed by atoms with Crippen molar-refractivity contribution in [3.63, 3.8) is 0 Å². The topological polar surface area (TPSA) is 66.0 Å². The average molecular weight is 219 g/mol. The molecule has 3 N–H and O–H groups in total. The summed E-state index contributed by atoms with van der Waals surface area (Å²) in [6.07, 6.45) is 1.22. The molecule has 1 rings (SSSR count). The van der Waals surface area contributed by atoms with Crippen LogP contribution in [0.1, 0.15) is 5.56 Å². The van der Waals surface area contributed by atoms with E-state index in [1.807, 2.05) is 31.2 Å². The number of anilines is 1. The second kappa shape index (κ2) is 5.75. The van der Waals surface area contributed by atoms with E-state index >= 15 is 0 Å². The number of nitrogens with one attached hydrogen (secondary N) is 1. The summed E-state index contributed by atoms with van der Waals surface area (Å²) in [6, 6.07) is 8.03. The molecule has 0 unspecified atom stereocenters. The number of nitrogens with two attached hydrogens (primary N) is 1. The third kappa shape index (κ3) is 3.27. The van der Waals surface area contributed by atoms with Crippen LogP contribution in [0, 0.1) is 6.92 Å². The Labute approximate surface area is 95.7 Å². The molecule has 0 heterocycles. The molecule has 0 spiro atoms. The van der Waals surface area contributed by atoms with Gasteiger partial charge in [-0.05, 0) is 19.1 Å². The van der Waals surface area contributed by atoms with E-state index in [0.717, 1.165) is 5.69 Å². The van der Waals surface area contributed by atoms with Crippen molar-refractivity contribution in [3.05, 3.63) is 29.8 Å². The van der Waals surface area contributed by atoms with Crippen molar-refractivity contribution in [2.75, 3.05) is 19.4 Å². The molecule has 0 aliphatic rings. The Balaban J connectivity index is 2.75. The molecule has 5 nitrogen and oxygen atoms in total. The van der Waals surface area contributed by atoms with Crippen molar-refractivity contribution >= 4 is 18.0 Å². The van der Waals surface area contributed by atoms with Crippen molar-refractivity contribution in [2.45, 2.75) is 6.92 Å². The first kappa shape index (κ1) is 12.0. The number of hydrogen-bond acceptors (Lipinski definition) is 2. The highest BCUT2D eigenvalue weighted by molar-refractivity contribution is 5.93. The van der Waals surface area contributed by atoms with Crippen LogP contribution in [-0.4, -0.2) is 31.4 Å². The van der Waals surface area contributed by atoms with Crippen molar-refractivity contribution in [3.8, 4) is 0 Å². The van der Waals surface area contributed by atoms with Gasteiger partial charge in [-0.1, -0.05) is 17.7 Å². The van der Waals surface area contributed by atoms with Crippen LogP contribution in [0.3, 0.4) is 0 Å². The summed E-state index contributed by atoms with van der Waals surface area (Å²) in [4.78, 5) is 4.09. The van der Waals surface area contributed by atoms with Crippen LogP contribution in [0.5, 0.6) is 0 Å². The van der Waals surface area contributed by atoms with E-state index < -0.39 is 0 Å². The lowest BCUT2D eigenvalue weighted by molar-refractivity contribution is 0.544. The lowest BCUT2D eigenvalue weighted by atomic mass is 10.2. The number of aryl methyl sites for hydroxylation is 1. The third-order valence-electron chi connectivity index (χ3n) is 2.07. The highest BCUT2D eigenvalue weighted by Crippen LogP contribution is 2.09. The molecule has 0 amide bonds. The van der Waals surface area contributed by atoms with E-state index in [4.69, 9.17) is 5.73 Å². The van der Waals surface area contributed by atoms with Gasteiger partial charge in [-0.2, -0.15) is 5.10 Å². The summed E-state index contributed by atoms with van der Waals surface area (Å²) in [6.45, 7) is 2.05. The van der Waals surface area contributed by atoms with Crippen LogP contribution in [0.2, 0.25) is 0 Å². The van der Waals surface area contributed by atoms with Crippen LogP contribution >= 0.6 is 0 Å². The van der Waals surface area contributed by atoms with Gasteiger partial charge in [0.05, 0.1) is 0 Å². The van der Waals surface area contributed by atoms with Crippen molar-refractivity contribution in [1.29, 1.82) is 0 Å². The van der Waals surface area contributed by atoms with Gasteiger partial charge >= 0.3 is 0 Å². The number of aliphatic imine (C=N–C) groups is 1. The summed E-state index contributed by atoms with van der Waals surface area (Å²) < 4.78 is 0. The zero-order valence-corrected chi connectivity index (χ0v) is 9.81. The number of nitrogens with zero attached hydrogens (tertiary/aromatic N) is 3. The Hall–Kier alpha value is -2.04. The Kier molecular flexibility index (Phi) is 4.32. The van der Waals surface area contributed by atoms with Gasteiger partial charge in [0.1, 0.15) is 6.34 Å². The lowest BCUT2D eigenvalue weighted by Gasteiger charge is -2.16. The van der Waals surface area contributed by atoms with Gasteiger partial charge in [-0.25, -0.2) is 5.01 Å². The number of hydrazone groups is 1. The minimum absolute atomic E-state index is 0.630. The molecule has 0 saturated heterocycles. The van der Waals surface area contributed by atoms with Crippen LogP contribution in [0.4, 0.5) is 5.69 Å². The molecule has 5 heteroatoms. The van der Waals surface area contributed by atoms with E-state index in [9.17, 15) is 0 Å². The molecule has 0 aliphatic heterocycles. The Morgan fingerprint density at radius 1 is 1.38 bits per heavy atom. The van der Waals surface area contributed by atoms with Crippen molar-refractivity contribution in [1.82, 2.24) is 5.01 Å². The molecular formula is C11H17N5. The predicted molar refractivity (Wildman–Crippen MR) is 68.6 cm³/mol. The predicted octanol–water partition coefficient (Wildman–Crippen LogP) is 1.23. The summed E-state index contributed by atoms with van der Waals surface area (Å²) in [5.74, 6) is 0.630. The average Bonchev–Trinajstić information content (AvgIpc) is 2.28. The smallest absolute Gasteiger partial charge is 0.218 e. The zero-order valence-electron chi connectivity index (χ0n) is 9.81. The van der Waals surface area contributed by atoms with Crippen LogP contribution in [0.25, 0.3) is 0 Å². The van der Waals surface area contributed by atoms with Gasteiger partial charge in [0.25, 0.3) is 0 Å². The van der Waals surface area contributed by atoms with Crippen LogP contribution < -0.4 is 11.1 Å². The number of rotatable bonds is 2. The molecule has 0 atom stereocenters. The maximum absolute atomic E-state index is 5.22. The highest BCUT2D eigenvalue weighted by atomic mass is 15.5. The van der Waals surface area contributed by atoms with Gasteiger partial charge < -0.3 is 11.1 Å². The first-order valence-corrected chi connectivity index (χ1v) is 4.95. The summed E-state index contributed by atoms with van der Waals surface area (Å²) in [7, 11) is 3.46. The monoisotopic (exact) mass is 219 g/mol. The molecular weight excluding hydrogens is 202 g/mol. The largest absolute Gasteiger partial charge is 0.388 e. The molecule has 0 fully saturated rings. The lowest BCUT2D eigenvalue weighted by Crippen LogP contribution is -2.29. The van der Waals surface area contributed by atoms with Crippen molar-refractivity contribution in [2.24, 2.45) is 15.8 Å². The number of benzene rings is 1. The fraction of sp³-hybridized carbons (Fsp3) is 0.273. The summed E-state index contributed by atoms with van der Waals surface area (Å²) >= 11 is 0. The molecule has 16 heavy (non-hydrogen) atoms. The number of guanidine groups is 1. The molecule has 1 aromatic rings. The minimum Gasteiger partial charge on any atom is -0.388 e. The van der Waals surface area contributed by atoms with E-state index in [0.29, 0.717) is 5.96 Å². The maximum atomic E-state index is 5.22. The molecule has 0 aliphatic carbocycles. The standard InChI is InChI=1S/C11H17N5/c1-9-4-6-10(7-5-9)15-11(13-2)16(3)14-8-12/h4-8H,1-3H3,(H2,12,14)(H,13,15). The second-order valence-electron chi connectivity index (χ2n) is 3.33. The van der Waals surface area contributed by atoms with Crippen molar-refractivity contribution < 1.29 is 0 Å². The summed E-state index contributed by atoms with van der Waals surface area (Å²) in [5, 5.41) is 8.62. The SMILES string of the molecule is CN=C(Nc1ccc(C)cc1)N(C)/N=C/N. The molecule has 0 bridgehead atoms. The first-order valence-electron chi connectivity index (χ1n) is 4.95. The highest BCUT2D eigenvalue weighted by Gasteiger charge is 2.03. The van der Waals surface area contributed by atoms with Gasteiger partial charge in [-0.3, -0.25) is 4.99 Å². The molecule has 0 aromatic heterocycles. The quantitative estimate of drug-likeness (QED) is 0.446. The number of hydrogen-bond donors (Lipinski definition) is 2. The molecule has 0 radical (unpaired) electrons. The Morgan fingerprint density at radius 2 is 2.00 bits per heavy atom. The maximum Gasteiger partial charge on any atom is 0.218 e. The Morgan fingerprint density at radius 3 is 2.50 bits per heavy atom. The van der Waals surface area contributed by atoms with Gasteiger partial charge in [0.2, 0.25) is 5.96 Å². The first-order chi connectivity index (χ1) is 7.67. The van der Waals surface area contributed by atoms with E-state index in [1.54, 1.807) is 19.1 Å². The minimum atomic E-state index is 0.630. The fourth-order valence-corrected chi connectivity index (χ4v) is 1.20. The molecule has 86 valence electrons. The van der Waals surface area contributed by atoms with E-state index in [-0.39, 0.29) is 0 Å². The zero-order chi connectivity index (χ0) is 12.0. The summed E-state index contributed by atoms with van der Waals surface area (Å²) in [5.41, 5.74) is 7.40. The Bertz CT molecular complexity index is 380. The van der Waals surface area contributed by atoms with Gasteiger partial charge in [-0.15, -0.1) is 0 Å². The normalized spacial score (nSPS) is 11.8. The van der Waals surface area contributed by atoms with E-state index in [1.165, 1.54) is 11.9 Å². The molecule has 0 saturated carbocycles. The second-order valence-corrected chi connectivity index (χ2v) is 3.33. The van der Waals surface area contributed by atoms with Gasteiger partial charge in [0.15, 0.2) is 0 Å². The fourth-order valence-electron chi connectivity index (χ4n) is 1.20. The third-order valence-corrected chi connectivity index (χ3v) is 2.07. The molecule has 1 aromatic carbocycles. The van der Waals surface area contributed by atoms with Crippen LogP contribution in [-0.2, 0) is 0 Å². The van der Waals surface area contributed by atoms with E-state index in [2.05, 4.69) is 15.4 Å².